The number of nitrogens with zero attached hydrogens (tertiary/aromatic N) is 4. The first-order valence-electron chi connectivity index (χ1n) is 10.4. The third kappa shape index (κ3) is 4.01. The van der Waals surface area contributed by atoms with Crippen LogP contribution < -0.4 is 10.5 Å². The number of hydrogen-bond acceptors (Lipinski definition) is 6. The van der Waals surface area contributed by atoms with Gasteiger partial charge in [0.2, 0.25) is 0 Å². The van der Waals surface area contributed by atoms with Crippen molar-refractivity contribution >= 4 is 55.8 Å². The van der Waals surface area contributed by atoms with E-state index in [0.29, 0.717) is 28.1 Å². The molecule has 1 aliphatic carbocycles. The van der Waals surface area contributed by atoms with E-state index in [0.717, 1.165) is 25.7 Å². The van der Waals surface area contributed by atoms with Crippen molar-refractivity contribution in [1.82, 2.24) is 19.7 Å². The number of nitrogens with two attached hydrogens (primary N) is 1. The van der Waals surface area contributed by atoms with Crippen molar-refractivity contribution in [3.05, 3.63) is 58.8 Å². The second-order valence-corrected chi connectivity index (χ2v) is 10.4. The Morgan fingerprint density at radius 3 is 2.52 bits per heavy atom. The molecular formula is C22H20Cl2N6O2S. The van der Waals surface area contributed by atoms with E-state index >= 15 is 0 Å². The first-order valence-corrected chi connectivity index (χ1v) is 12.6. The number of benzene rings is 2. The molecule has 170 valence electrons. The van der Waals surface area contributed by atoms with Gasteiger partial charge in [-0.05, 0) is 37.1 Å². The summed E-state index contributed by atoms with van der Waals surface area (Å²) in [5, 5.41) is 5.82. The highest BCUT2D eigenvalue weighted by Gasteiger charge is 2.25. The molecule has 0 unspecified atom stereocenters. The van der Waals surface area contributed by atoms with Crippen LogP contribution in [0, 0.1) is 0 Å². The smallest absolute Gasteiger partial charge is 0.263 e. The summed E-state index contributed by atoms with van der Waals surface area (Å²) in [5.74, 6) is 0.332. The summed E-state index contributed by atoms with van der Waals surface area (Å²) in [7, 11) is -3.92. The second kappa shape index (κ2) is 8.48. The van der Waals surface area contributed by atoms with Gasteiger partial charge >= 0.3 is 0 Å². The number of anilines is 2. The maximum Gasteiger partial charge on any atom is 0.263 e. The molecule has 0 atom stereocenters. The van der Waals surface area contributed by atoms with Crippen LogP contribution in [0.1, 0.15) is 31.7 Å². The second-order valence-electron chi connectivity index (χ2n) is 7.92. The van der Waals surface area contributed by atoms with Gasteiger partial charge in [0.15, 0.2) is 5.65 Å². The first kappa shape index (κ1) is 21.9. The largest absolute Gasteiger partial charge is 0.383 e. The van der Waals surface area contributed by atoms with Gasteiger partial charge in [-0.2, -0.15) is 5.10 Å². The van der Waals surface area contributed by atoms with Gasteiger partial charge in [-0.25, -0.2) is 23.1 Å². The minimum atomic E-state index is -3.92. The topological polar surface area (TPSA) is 116 Å². The van der Waals surface area contributed by atoms with Crippen LogP contribution in [0.5, 0.6) is 0 Å². The molecule has 0 radical (unpaired) electrons. The zero-order valence-corrected chi connectivity index (χ0v) is 19.7. The molecule has 3 N–H and O–H groups in total. The van der Waals surface area contributed by atoms with Gasteiger partial charge in [-0.1, -0.05) is 54.2 Å². The van der Waals surface area contributed by atoms with E-state index in [9.17, 15) is 8.42 Å². The molecule has 2 aromatic heterocycles. The zero-order valence-electron chi connectivity index (χ0n) is 17.4. The van der Waals surface area contributed by atoms with Crippen molar-refractivity contribution in [2.24, 2.45) is 0 Å². The van der Waals surface area contributed by atoms with E-state index in [1.54, 1.807) is 30.3 Å². The normalized spacial score (nSPS) is 14.7. The van der Waals surface area contributed by atoms with Crippen molar-refractivity contribution in [1.29, 1.82) is 0 Å². The van der Waals surface area contributed by atoms with E-state index in [1.165, 1.54) is 18.5 Å². The number of halogens is 2. The molecule has 8 nitrogen and oxygen atoms in total. The van der Waals surface area contributed by atoms with Gasteiger partial charge in [0, 0.05) is 5.56 Å². The predicted molar refractivity (Wildman–Crippen MR) is 130 cm³/mol. The first-order chi connectivity index (χ1) is 15.8. The van der Waals surface area contributed by atoms with Crippen molar-refractivity contribution in [3.63, 3.8) is 0 Å². The Kier molecular flexibility index (Phi) is 5.64. The Hall–Kier alpha value is -2.88. The summed E-state index contributed by atoms with van der Waals surface area (Å²) in [6.07, 6.45) is 5.80. The summed E-state index contributed by atoms with van der Waals surface area (Å²) in [6, 6.07) is 11.4. The SMILES string of the molecule is Nc1ncnc2c1c(-c1ccc(NS(=O)(=O)c3ccccc3Cl)c(Cl)c1)nn2C1CCCC1. The molecule has 1 fully saturated rings. The Labute approximate surface area is 200 Å². The van der Waals surface area contributed by atoms with Crippen LogP contribution in [0.4, 0.5) is 11.5 Å². The van der Waals surface area contributed by atoms with Crippen LogP contribution in [0.2, 0.25) is 10.0 Å². The fraction of sp³-hybridized carbons (Fsp3) is 0.227. The molecule has 1 saturated carbocycles. The number of fused-ring (bicyclic) bond motifs is 1. The Morgan fingerprint density at radius 1 is 1.03 bits per heavy atom. The van der Waals surface area contributed by atoms with Crippen LogP contribution >= 0.6 is 23.2 Å². The highest BCUT2D eigenvalue weighted by atomic mass is 35.5. The summed E-state index contributed by atoms with van der Waals surface area (Å²) >= 11 is 12.5. The Bertz CT molecular complexity index is 1470. The number of aromatic nitrogens is 4. The quantitative estimate of drug-likeness (QED) is 0.382. The highest BCUT2D eigenvalue weighted by Crippen LogP contribution is 2.38. The van der Waals surface area contributed by atoms with Gasteiger partial charge in [0.25, 0.3) is 10.0 Å². The summed E-state index contributed by atoms with van der Waals surface area (Å²) in [5.41, 5.74) is 8.40. The van der Waals surface area contributed by atoms with Crippen molar-refractivity contribution in [2.45, 2.75) is 36.6 Å². The van der Waals surface area contributed by atoms with E-state index < -0.39 is 10.0 Å². The molecule has 4 aromatic rings. The molecule has 0 amide bonds. The predicted octanol–water partition coefficient (Wildman–Crippen LogP) is 5.30. The third-order valence-corrected chi connectivity index (χ3v) is 7.98. The molecule has 1 aliphatic rings. The van der Waals surface area contributed by atoms with Gasteiger partial charge in [0.1, 0.15) is 22.7 Å². The van der Waals surface area contributed by atoms with Crippen LogP contribution in [0.3, 0.4) is 0 Å². The molecule has 2 aromatic carbocycles. The van der Waals surface area contributed by atoms with Crippen LogP contribution in [0.15, 0.2) is 53.7 Å². The fourth-order valence-corrected chi connectivity index (χ4v) is 6.09. The summed E-state index contributed by atoms with van der Waals surface area (Å²) in [4.78, 5) is 8.55. The number of nitrogens with one attached hydrogen (secondary N) is 1. The average Bonchev–Trinajstić information content (AvgIpc) is 3.44. The Morgan fingerprint density at radius 2 is 1.79 bits per heavy atom. The molecule has 0 spiro atoms. The summed E-state index contributed by atoms with van der Waals surface area (Å²) < 4.78 is 30.0. The maximum absolute atomic E-state index is 12.8. The summed E-state index contributed by atoms with van der Waals surface area (Å²) in [6.45, 7) is 0. The zero-order chi connectivity index (χ0) is 23.2. The van der Waals surface area contributed by atoms with E-state index in [-0.39, 0.29) is 26.7 Å². The maximum atomic E-state index is 12.8. The standard InChI is InChI=1S/C22H20Cl2N6O2S/c23-15-7-3-4-8-18(15)33(31,32)29-17-10-9-13(11-16(17)24)20-19-21(25)26-12-27-22(19)30(28-20)14-5-1-2-6-14/h3-4,7-12,14,29H,1-2,5-6H2,(H2,25,26,27). The number of nitrogen functional groups attached to an aromatic ring is 1. The molecule has 0 saturated heterocycles. The molecule has 33 heavy (non-hydrogen) atoms. The van der Waals surface area contributed by atoms with Gasteiger partial charge in [-0.3, -0.25) is 4.72 Å². The van der Waals surface area contributed by atoms with E-state index in [2.05, 4.69) is 14.7 Å². The van der Waals surface area contributed by atoms with E-state index in [1.807, 2.05) is 4.68 Å². The lowest BCUT2D eigenvalue weighted by Gasteiger charge is -2.12. The number of sulfonamides is 1. The lowest BCUT2D eigenvalue weighted by molar-refractivity contribution is 0.479. The van der Waals surface area contributed by atoms with Crippen molar-refractivity contribution in [3.8, 4) is 11.3 Å². The van der Waals surface area contributed by atoms with Gasteiger partial charge < -0.3 is 5.73 Å². The lowest BCUT2D eigenvalue weighted by Crippen LogP contribution is -2.13. The van der Waals surface area contributed by atoms with Crippen LogP contribution in [-0.2, 0) is 10.0 Å². The lowest BCUT2D eigenvalue weighted by atomic mass is 10.1. The minimum Gasteiger partial charge on any atom is -0.383 e. The van der Waals surface area contributed by atoms with Crippen molar-refractivity contribution in [2.75, 3.05) is 10.5 Å². The minimum absolute atomic E-state index is 0.0296. The average molecular weight is 503 g/mol. The monoisotopic (exact) mass is 502 g/mol. The molecule has 11 heteroatoms. The van der Waals surface area contributed by atoms with Gasteiger partial charge in [0.05, 0.1) is 27.2 Å². The van der Waals surface area contributed by atoms with Crippen molar-refractivity contribution < 1.29 is 8.42 Å². The molecule has 0 bridgehead atoms. The van der Waals surface area contributed by atoms with Crippen LogP contribution in [0.25, 0.3) is 22.3 Å². The Balaban J connectivity index is 1.55. The third-order valence-electron chi connectivity index (χ3n) is 5.80. The van der Waals surface area contributed by atoms with E-state index in [4.69, 9.17) is 34.0 Å². The van der Waals surface area contributed by atoms with Gasteiger partial charge in [-0.15, -0.1) is 0 Å². The molecule has 2 heterocycles. The number of hydrogen-bond donors (Lipinski definition) is 2. The highest BCUT2D eigenvalue weighted by molar-refractivity contribution is 7.92. The molecular weight excluding hydrogens is 483 g/mol. The van der Waals surface area contributed by atoms with Crippen LogP contribution in [-0.4, -0.2) is 28.2 Å². The molecule has 0 aliphatic heterocycles. The number of rotatable bonds is 5. The fourth-order valence-electron chi connectivity index (χ4n) is 4.21. The molecule has 5 rings (SSSR count).